The lowest BCUT2D eigenvalue weighted by atomic mass is 10.4. The summed E-state index contributed by atoms with van der Waals surface area (Å²) in [6.07, 6.45) is 2.06. The highest BCUT2D eigenvalue weighted by atomic mass is 32.2. The molecule has 0 aliphatic heterocycles. The zero-order chi connectivity index (χ0) is 12.7. The Hall–Kier alpha value is -1.05. The summed E-state index contributed by atoms with van der Waals surface area (Å²) in [6, 6.07) is 1.76. The van der Waals surface area contributed by atoms with Crippen molar-refractivity contribution in [3.63, 3.8) is 0 Å². The molecule has 0 saturated carbocycles. The van der Waals surface area contributed by atoms with Gasteiger partial charge in [-0.2, -0.15) is 0 Å². The molecule has 6 nitrogen and oxygen atoms in total. The molecule has 4 N–H and O–H groups in total. The molecule has 1 heterocycles. The average Bonchev–Trinajstić information content (AvgIpc) is 2.36. The Morgan fingerprint density at radius 2 is 2.18 bits per heavy atom. The van der Waals surface area contributed by atoms with Crippen LogP contribution in [0.2, 0.25) is 0 Å². The van der Waals surface area contributed by atoms with Crippen LogP contribution in [0.25, 0.3) is 0 Å². The van der Waals surface area contributed by atoms with Crippen LogP contribution in [0.4, 0.5) is 11.6 Å². The van der Waals surface area contributed by atoms with Crippen LogP contribution in [0.5, 0.6) is 0 Å². The molecule has 0 amide bonds. The summed E-state index contributed by atoms with van der Waals surface area (Å²) in [4.78, 5) is 8.50. The van der Waals surface area contributed by atoms with Gasteiger partial charge in [-0.05, 0) is 20.1 Å². The van der Waals surface area contributed by atoms with Gasteiger partial charge in [0.1, 0.15) is 11.6 Å². The number of hydrogen-bond acceptors (Lipinski definition) is 7. The number of nitrogen functional groups attached to an aromatic ring is 1. The van der Waals surface area contributed by atoms with Gasteiger partial charge >= 0.3 is 0 Å². The van der Waals surface area contributed by atoms with Gasteiger partial charge in [0, 0.05) is 19.2 Å². The Morgan fingerprint density at radius 3 is 2.76 bits per heavy atom. The number of anilines is 2. The summed E-state index contributed by atoms with van der Waals surface area (Å²) in [5, 5.41) is 3.87. The van der Waals surface area contributed by atoms with Crippen molar-refractivity contribution < 1.29 is 4.74 Å². The van der Waals surface area contributed by atoms with E-state index in [0.29, 0.717) is 24.1 Å². The van der Waals surface area contributed by atoms with Crippen molar-refractivity contribution in [3.05, 3.63) is 6.07 Å². The minimum absolute atomic E-state index is 0.141. The van der Waals surface area contributed by atoms with Gasteiger partial charge < -0.3 is 15.5 Å². The normalized spacial score (nSPS) is 12.2. The topological polar surface area (TPSA) is 85.1 Å². The molecule has 0 radical (unpaired) electrons. The van der Waals surface area contributed by atoms with E-state index in [1.54, 1.807) is 6.07 Å². The predicted molar refractivity (Wildman–Crippen MR) is 71.2 cm³/mol. The third-order valence-corrected chi connectivity index (χ3v) is 2.61. The number of ether oxygens (including phenoxy) is 1. The second kappa shape index (κ2) is 7.31. The van der Waals surface area contributed by atoms with E-state index in [4.69, 9.17) is 10.6 Å². The molecule has 0 bridgehead atoms. The molecule has 17 heavy (non-hydrogen) atoms. The molecule has 96 valence electrons. The van der Waals surface area contributed by atoms with Crippen LogP contribution in [0.1, 0.15) is 13.8 Å². The molecule has 1 rings (SSSR count). The minimum atomic E-state index is 0.141. The maximum atomic E-state index is 5.43. The van der Waals surface area contributed by atoms with Gasteiger partial charge in [0.15, 0.2) is 5.16 Å². The second-order valence-electron chi connectivity index (χ2n) is 3.42. The summed E-state index contributed by atoms with van der Waals surface area (Å²) in [5.74, 6) is 6.68. The van der Waals surface area contributed by atoms with Crippen molar-refractivity contribution in [2.45, 2.75) is 25.1 Å². The smallest absolute Gasteiger partial charge is 0.191 e. The van der Waals surface area contributed by atoms with Gasteiger partial charge in [-0.15, -0.1) is 0 Å². The maximum Gasteiger partial charge on any atom is 0.191 e. The fourth-order valence-corrected chi connectivity index (χ4v) is 1.65. The van der Waals surface area contributed by atoms with Gasteiger partial charge in [-0.3, -0.25) is 0 Å². The van der Waals surface area contributed by atoms with Crippen molar-refractivity contribution >= 4 is 23.4 Å². The van der Waals surface area contributed by atoms with Gasteiger partial charge in [0.2, 0.25) is 0 Å². The summed E-state index contributed by atoms with van der Waals surface area (Å²) in [7, 11) is 0. The lowest BCUT2D eigenvalue weighted by Gasteiger charge is -2.13. The molecule has 0 spiro atoms. The van der Waals surface area contributed by atoms with E-state index < -0.39 is 0 Å². The quantitative estimate of drug-likeness (QED) is 0.294. The highest BCUT2D eigenvalue weighted by molar-refractivity contribution is 7.98. The average molecular weight is 257 g/mol. The van der Waals surface area contributed by atoms with Crippen LogP contribution >= 0.6 is 11.8 Å². The molecule has 0 aliphatic rings. The van der Waals surface area contributed by atoms with E-state index in [1.165, 1.54) is 11.8 Å². The SMILES string of the molecule is CCOC(C)CNc1cc(NN)nc(SC)n1. The van der Waals surface area contributed by atoms with Gasteiger partial charge in [0.05, 0.1) is 6.10 Å². The highest BCUT2D eigenvalue weighted by Crippen LogP contribution is 2.16. The number of thioether (sulfide) groups is 1. The van der Waals surface area contributed by atoms with Crippen LogP contribution in [-0.2, 0) is 4.74 Å². The monoisotopic (exact) mass is 257 g/mol. The summed E-state index contributed by atoms with van der Waals surface area (Å²) in [5.41, 5.74) is 2.52. The first-order valence-corrected chi connectivity index (χ1v) is 6.67. The minimum Gasteiger partial charge on any atom is -0.377 e. The summed E-state index contributed by atoms with van der Waals surface area (Å²) < 4.78 is 5.43. The molecule has 1 aromatic rings. The van der Waals surface area contributed by atoms with Gasteiger partial charge in [-0.1, -0.05) is 11.8 Å². The fraction of sp³-hybridized carbons (Fsp3) is 0.600. The van der Waals surface area contributed by atoms with E-state index in [0.717, 1.165) is 5.82 Å². The van der Waals surface area contributed by atoms with Crippen LogP contribution in [0, 0.1) is 0 Å². The van der Waals surface area contributed by atoms with Gasteiger partial charge in [0.25, 0.3) is 0 Å². The Morgan fingerprint density at radius 1 is 1.47 bits per heavy atom. The van der Waals surface area contributed by atoms with Crippen LogP contribution in [0.3, 0.4) is 0 Å². The number of hydrazine groups is 1. The third-order valence-electron chi connectivity index (χ3n) is 2.06. The van der Waals surface area contributed by atoms with E-state index >= 15 is 0 Å². The molecular weight excluding hydrogens is 238 g/mol. The van der Waals surface area contributed by atoms with Crippen molar-refractivity contribution in [3.8, 4) is 0 Å². The molecule has 7 heteroatoms. The number of aromatic nitrogens is 2. The van der Waals surface area contributed by atoms with Gasteiger partial charge in [-0.25, -0.2) is 15.8 Å². The zero-order valence-corrected chi connectivity index (χ0v) is 11.2. The Bertz CT molecular complexity index is 327. The first-order chi connectivity index (χ1) is 8.19. The Balaban J connectivity index is 2.63. The first-order valence-electron chi connectivity index (χ1n) is 5.44. The molecule has 1 unspecified atom stereocenters. The van der Waals surface area contributed by atoms with Crippen LogP contribution < -0.4 is 16.6 Å². The lowest BCUT2D eigenvalue weighted by molar-refractivity contribution is 0.0855. The fourth-order valence-electron chi connectivity index (χ4n) is 1.27. The second-order valence-corrected chi connectivity index (χ2v) is 4.19. The summed E-state index contributed by atoms with van der Waals surface area (Å²) >= 11 is 1.47. The van der Waals surface area contributed by atoms with Crippen molar-refractivity contribution in [1.29, 1.82) is 0 Å². The molecule has 1 atom stereocenters. The molecular formula is C10H19N5OS. The highest BCUT2D eigenvalue weighted by Gasteiger charge is 2.05. The number of nitrogens with two attached hydrogens (primary N) is 1. The molecule has 1 aromatic heterocycles. The van der Waals surface area contributed by atoms with Crippen molar-refractivity contribution in [2.75, 3.05) is 30.1 Å². The van der Waals surface area contributed by atoms with E-state index in [-0.39, 0.29) is 6.10 Å². The largest absolute Gasteiger partial charge is 0.377 e. The number of nitrogens with one attached hydrogen (secondary N) is 2. The number of hydrogen-bond donors (Lipinski definition) is 3. The standard InChI is InChI=1S/C10H19N5OS/c1-4-16-7(2)6-12-8-5-9(15-11)14-10(13-8)17-3/h5,7H,4,6,11H2,1-3H3,(H2,12,13,14,15). The number of rotatable bonds is 7. The van der Waals surface area contributed by atoms with E-state index in [1.807, 2.05) is 20.1 Å². The summed E-state index contributed by atoms with van der Waals surface area (Å²) in [6.45, 7) is 5.39. The van der Waals surface area contributed by atoms with E-state index in [2.05, 4.69) is 20.7 Å². The number of nitrogens with zero attached hydrogens (tertiary/aromatic N) is 2. The van der Waals surface area contributed by atoms with Crippen LogP contribution in [0.15, 0.2) is 11.2 Å². The Labute approximate surface area is 106 Å². The van der Waals surface area contributed by atoms with Crippen LogP contribution in [-0.4, -0.2) is 35.5 Å². The molecule has 0 aromatic carbocycles. The molecule has 0 aliphatic carbocycles. The first kappa shape index (κ1) is 14.0. The van der Waals surface area contributed by atoms with Crippen molar-refractivity contribution in [2.24, 2.45) is 5.84 Å². The Kier molecular flexibility index (Phi) is 6.03. The lowest BCUT2D eigenvalue weighted by Crippen LogP contribution is -2.20. The zero-order valence-electron chi connectivity index (χ0n) is 10.4. The predicted octanol–water partition coefficient (Wildman–Crippen LogP) is 1.32. The van der Waals surface area contributed by atoms with Crippen molar-refractivity contribution in [1.82, 2.24) is 9.97 Å². The molecule has 0 saturated heterocycles. The molecule has 0 fully saturated rings. The maximum absolute atomic E-state index is 5.43. The third kappa shape index (κ3) is 4.76. The van der Waals surface area contributed by atoms with E-state index in [9.17, 15) is 0 Å².